The minimum atomic E-state index is 0.302. The molecule has 3 aromatic heterocycles. The minimum Gasteiger partial charge on any atom is -0.439 e. The third-order valence-electron chi connectivity index (χ3n) is 4.00. The number of pyridine rings is 2. The van der Waals surface area contributed by atoms with Crippen molar-refractivity contribution in [2.45, 2.75) is 6.61 Å². The average molecular weight is 333 g/mol. The fraction of sp³-hybridized carbons (Fsp3) is 0.105. The molecule has 0 amide bonds. The van der Waals surface area contributed by atoms with Crippen molar-refractivity contribution < 1.29 is 14.3 Å². The standard InChI is InChI=1S/C19H15N3O3/c1-24-11-14-17(10-23)21-9-16-19(14)13-8-12(5-6-15(13)22-16)25-18-4-2-3-7-20-18/h2-10,22H,11H2,1H3. The highest BCUT2D eigenvalue weighted by atomic mass is 16.5. The Morgan fingerprint density at radius 1 is 1.16 bits per heavy atom. The molecule has 25 heavy (non-hydrogen) atoms. The van der Waals surface area contributed by atoms with E-state index in [0.717, 1.165) is 33.7 Å². The van der Waals surface area contributed by atoms with Crippen LogP contribution in [-0.2, 0) is 11.3 Å². The number of nitrogens with zero attached hydrogens (tertiary/aromatic N) is 2. The van der Waals surface area contributed by atoms with E-state index in [4.69, 9.17) is 9.47 Å². The molecule has 0 bridgehead atoms. The lowest BCUT2D eigenvalue weighted by atomic mass is 10.1. The molecular formula is C19H15N3O3. The summed E-state index contributed by atoms with van der Waals surface area (Å²) in [5.41, 5.74) is 2.93. The molecule has 4 aromatic rings. The molecule has 3 heterocycles. The van der Waals surface area contributed by atoms with Crippen molar-refractivity contribution in [3.8, 4) is 11.6 Å². The molecule has 0 radical (unpaired) electrons. The number of hydrogen-bond donors (Lipinski definition) is 1. The van der Waals surface area contributed by atoms with E-state index in [9.17, 15) is 4.79 Å². The van der Waals surface area contributed by atoms with Crippen LogP contribution >= 0.6 is 0 Å². The van der Waals surface area contributed by atoms with Crippen LogP contribution in [0.5, 0.6) is 11.6 Å². The summed E-state index contributed by atoms with van der Waals surface area (Å²) in [5.74, 6) is 1.19. The van der Waals surface area contributed by atoms with Gasteiger partial charge in [0.2, 0.25) is 5.88 Å². The zero-order valence-electron chi connectivity index (χ0n) is 13.5. The number of hydrogen-bond acceptors (Lipinski definition) is 5. The van der Waals surface area contributed by atoms with Crippen molar-refractivity contribution in [3.05, 3.63) is 60.0 Å². The quantitative estimate of drug-likeness (QED) is 0.561. The largest absolute Gasteiger partial charge is 0.439 e. The smallest absolute Gasteiger partial charge is 0.219 e. The number of aldehydes is 1. The second-order valence-corrected chi connectivity index (χ2v) is 5.56. The summed E-state index contributed by atoms with van der Waals surface area (Å²) < 4.78 is 11.1. The first kappa shape index (κ1) is 15.3. The Balaban J connectivity index is 1.90. The second kappa shape index (κ2) is 6.33. The molecule has 1 aromatic carbocycles. The van der Waals surface area contributed by atoms with Crippen molar-refractivity contribution in [2.75, 3.05) is 7.11 Å². The predicted octanol–water partition coefficient (Wildman–Crippen LogP) is 3.86. The van der Waals surface area contributed by atoms with E-state index in [0.29, 0.717) is 23.9 Å². The molecule has 0 atom stereocenters. The highest BCUT2D eigenvalue weighted by Gasteiger charge is 2.15. The van der Waals surface area contributed by atoms with Gasteiger partial charge in [-0.2, -0.15) is 0 Å². The number of fused-ring (bicyclic) bond motifs is 3. The van der Waals surface area contributed by atoms with Gasteiger partial charge in [-0.05, 0) is 24.3 Å². The summed E-state index contributed by atoms with van der Waals surface area (Å²) in [5, 5.41) is 1.86. The maximum absolute atomic E-state index is 11.4. The Hall–Kier alpha value is -3.25. The Morgan fingerprint density at radius 2 is 2.08 bits per heavy atom. The number of carbonyl (C=O) groups is 1. The number of nitrogens with one attached hydrogen (secondary N) is 1. The van der Waals surface area contributed by atoms with Gasteiger partial charge in [0, 0.05) is 41.2 Å². The number of carbonyl (C=O) groups excluding carboxylic acids is 1. The summed E-state index contributed by atoms with van der Waals surface area (Å²) in [7, 11) is 1.60. The molecule has 0 aliphatic heterocycles. The molecule has 4 rings (SSSR count). The lowest BCUT2D eigenvalue weighted by molar-refractivity contribution is 0.111. The van der Waals surface area contributed by atoms with Crippen LogP contribution in [0.1, 0.15) is 16.1 Å². The number of methoxy groups -OCH3 is 1. The summed E-state index contributed by atoms with van der Waals surface area (Å²) >= 11 is 0. The molecule has 0 saturated heterocycles. The molecule has 0 spiro atoms. The molecule has 0 fully saturated rings. The van der Waals surface area contributed by atoms with E-state index in [1.165, 1.54) is 0 Å². The molecule has 0 saturated carbocycles. The fourth-order valence-corrected chi connectivity index (χ4v) is 2.94. The van der Waals surface area contributed by atoms with Gasteiger partial charge in [0.1, 0.15) is 11.4 Å². The van der Waals surface area contributed by atoms with Gasteiger partial charge < -0.3 is 14.5 Å². The molecule has 1 N–H and O–H groups in total. The van der Waals surface area contributed by atoms with Gasteiger partial charge in [0.15, 0.2) is 6.29 Å². The van der Waals surface area contributed by atoms with Gasteiger partial charge >= 0.3 is 0 Å². The predicted molar refractivity (Wildman–Crippen MR) is 94.0 cm³/mol. The fourth-order valence-electron chi connectivity index (χ4n) is 2.94. The molecular weight excluding hydrogens is 318 g/mol. The first-order chi connectivity index (χ1) is 12.3. The van der Waals surface area contributed by atoms with Gasteiger partial charge in [-0.3, -0.25) is 9.78 Å². The summed E-state index contributed by atoms with van der Waals surface area (Å²) in [6.45, 7) is 0.302. The zero-order valence-corrected chi connectivity index (χ0v) is 13.5. The first-order valence-electron chi connectivity index (χ1n) is 7.76. The van der Waals surface area contributed by atoms with Crippen molar-refractivity contribution >= 4 is 28.1 Å². The van der Waals surface area contributed by atoms with Gasteiger partial charge in [-0.25, -0.2) is 4.98 Å². The number of rotatable bonds is 5. The number of ether oxygens (including phenoxy) is 2. The maximum atomic E-state index is 11.4. The van der Waals surface area contributed by atoms with E-state index >= 15 is 0 Å². The molecule has 6 nitrogen and oxygen atoms in total. The molecule has 124 valence electrons. The Bertz CT molecular complexity index is 1060. The highest BCUT2D eigenvalue weighted by Crippen LogP contribution is 2.33. The summed E-state index contributed by atoms with van der Waals surface area (Å²) in [4.78, 5) is 23.0. The van der Waals surface area contributed by atoms with Crippen LogP contribution in [-0.4, -0.2) is 28.3 Å². The van der Waals surface area contributed by atoms with Gasteiger partial charge in [0.25, 0.3) is 0 Å². The number of aromatic nitrogens is 3. The number of aromatic amines is 1. The monoisotopic (exact) mass is 333 g/mol. The van der Waals surface area contributed by atoms with E-state index in [1.807, 2.05) is 30.3 Å². The van der Waals surface area contributed by atoms with E-state index in [2.05, 4.69) is 15.0 Å². The van der Waals surface area contributed by atoms with Crippen LogP contribution in [0.15, 0.2) is 48.8 Å². The summed E-state index contributed by atoms with van der Waals surface area (Å²) in [6.07, 6.45) is 4.09. The lowest BCUT2D eigenvalue weighted by Gasteiger charge is -2.07. The number of benzene rings is 1. The lowest BCUT2D eigenvalue weighted by Crippen LogP contribution is -1.98. The summed E-state index contributed by atoms with van der Waals surface area (Å²) in [6, 6.07) is 11.2. The van der Waals surface area contributed by atoms with Gasteiger partial charge in [0.05, 0.1) is 18.3 Å². The maximum Gasteiger partial charge on any atom is 0.219 e. The van der Waals surface area contributed by atoms with Gasteiger partial charge in [-0.15, -0.1) is 0 Å². The molecule has 0 aliphatic carbocycles. The Labute approximate surface area is 143 Å². The van der Waals surface area contributed by atoms with Gasteiger partial charge in [-0.1, -0.05) is 6.07 Å². The van der Waals surface area contributed by atoms with E-state index < -0.39 is 0 Å². The SMILES string of the molecule is COCc1c(C=O)ncc2[nH]c3ccc(Oc4ccccn4)cc3c12. The van der Waals surface area contributed by atoms with Crippen LogP contribution in [0, 0.1) is 0 Å². The Kier molecular flexibility index (Phi) is 3.87. The van der Waals surface area contributed by atoms with Crippen molar-refractivity contribution in [2.24, 2.45) is 0 Å². The number of H-pyrrole nitrogens is 1. The normalized spacial score (nSPS) is 11.1. The average Bonchev–Trinajstić information content (AvgIpc) is 3.01. The van der Waals surface area contributed by atoms with Crippen LogP contribution in [0.4, 0.5) is 0 Å². The van der Waals surface area contributed by atoms with Crippen LogP contribution in [0.3, 0.4) is 0 Å². The van der Waals surface area contributed by atoms with E-state index in [1.54, 1.807) is 25.6 Å². The topological polar surface area (TPSA) is 77.1 Å². The zero-order chi connectivity index (χ0) is 17.2. The van der Waals surface area contributed by atoms with E-state index in [-0.39, 0.29) is 0 Å². The second-order valence-electron chi connectivity index (χ2n) is 5.56. The van der Waals surface area contributed by atoms with Crippen LogP contribution in [0.25, 0.3) is 21.8 Å². The highest BCUT2D eigenvalue weighted by molar-refractivity contribution is 6.10. The van der Waals surface area contributed by atoms with Crippen LogP contribution < -0.4 is 4.74 Å². The molecule has 0 unspecified atom stereocenters. The third-order valence-corrected chi connectivity index (χ3v) is 4.00. The first-order valence-corrected chi connectivity index (χ1v) is 7.76. The van der Waals surface area contributed by atoms with Crippen molar-refractivity contribution in [1.29, 1.82) is 0 Å². The van der Waals surface area contributed by atoms with Crippen LogP contribution in [0.2, 0.25) is 0 Å². The minimum absolute atomic E-state index is 0.302. The Morgan fingerprint density at radius 3 is 2.84 bits per heavy atom. The third kappa shape index (κ3) is 2.72. The molecule has 0 aliphatic rings. The molecule has 6 heteroatoms. The van der Waals surface area contributed by atoms with Crippen molar-refractivity contribution in [3.63, 3.8) is 0 Å². The van der Waals surface area contributed by atoms with Crippen molar-refractivity contribution in [1.82, 2.24) is 15.0 Å².